The van der Waals surface area contributed by atoms with Gasteiger partial charge in [-0.2, -0.15) is 0 Å². The summed E-state index contributed by atoms with van der Waals surface area (Å²) in [6.45, 7) is 0.638. The number of hydrogen-bond donors (Lipinski definition) is 1. The minimum absolute atomic E-state index is 0.0534. The molecule has 1 aliphatic rings. The molecule has 35 heavy (non-hydrogen) atoms. The molecule has 4 aromatic rings. The predicted octanol–water partition coefficient (Wildman–Crippen LogP) is 4.93. The summed E-state index contributed by atoms with van der Waals surface area (Å²) in [7, 11) is 0. The molecule has 1 aromatic heterocycles. The molecule has 0 radical (unpaired) electrons. The molecule has 3 aromatic carbocycles. The van der Waals surface area contributed by atoms with Crippen molar-refractivity contribution in [3.8, 4) is 17.1 Å². The Kier molecular flexibility index (Phi) is 6.58. The molecule has 1 saturated heterocycles. The van der Waals surface area contributed by atoms with E-state index in [1.54, 1.807) is 33.7 Å². The van der Waals surface area contributed by atoms with E-state index < -0.39 is 5.82 Å². The second kappa shape index (κ2) is 10.1. The number of benzene rings is 3. The van der Waals surface area contributed by atoms with Crippen molar-refractivity contribution in [2.45, 2.75) is 18.0 Å². The zero-order valence-corrected chi connectivity index (χ0v) is 19.5. The normalized spacial score (nSPS) is 13.3. The number of nitrogens with zero attached hydrogens (tertiary/aromatic N) is 4. The Hall–Kier alpha value is -3.98. The number of hydrogen-bond acceptors (Lipinski definition) is 5. The molecule has 1 fully saturated rings. The third-order valence-corrected chi connectivity index (χ3v) is 6.57. The topological polar surface area (TPSA) is 80.1 Å². The summed E-state index contributed by atoms with van der Waals surface area (Å²) in [4.78, 5) is 26.8. The highest BCUT2D eigenvalue weighted by molar-refractivity contribution is 7.99. The lowest BCUT2D eigenvalue weighted by atomic mass is 10.2. The van der Waals surface area contributed by atoms with Crippen molar-refractivity contribution in [3.63, 3.8) is 0 Å². The van der Waals surface area contributed by atoms with E-state index in [0.29, 0.717) is 40.9 Å². The number of thioether (sulfide) groups is 1. The lowest BCUT2D eigenvalue weighted by Crippen LogP contribution is -2.26. The Morgan fingerprint density at radius 3 is 2.49 bits per heavy atom. The highest BCUT2D eigenvalue weighted by Gasteiger charge is 2.24. The van der Waals surface area contributed by atoms with Crippen LogP contribution in [0.25, 0.3) is 17.1 Å². The van der Waals surface area contributed by atoms with E-state index in [-0.39, 0.29) is 17.6 Å². The van der Waals surface area contributed by atoms with Crippen molar-refractivity contribution in [2.75, 3.05) is 22.5 Å². The Morgan fingerprint density at radius 1 is 0.971 bits per heavy atom. The third kappa shape index (κ3) is 4.81. The van der Waals surface area contributed by atoms with Crippen LogP contribution in [-0.2, 0) is 9.59 Å². The van der Waals surface area contributed by atoms with E-state index in [9.17, 15) is 14.0 Å². The summed E-state index contributed by atoms with van der Waals surface area (Å²) in [6, 6.07) is 23.1. The van der Waals surface area contributed by atoms with Gasteiger partial charge >= 0.3 is 0 Å². The van der Waals surface area contributed by atoms with Crippen molar-refractivity contribution in [1.29, 1.82) is 0 Å². The van der Waals surface area contributed by atoms with Crippen LogP contribution in [0.3, 0.4) is 0 Å². The van der Waals surface area contributed by atoms with Crippen LogP contribution in [0.4, 0.5) is 15.8 Å². The average Bonchev–Trinajstić information content (AvgIpc) is 3.50. The van der Waals surface area contributed by atoms with Gasteiger partial charge in [0.25, 0.3) is 0 Å². The predicted molar refractivity (Wildman–Crippen MR) is 134 cm³/mol. The molecule has 1 aliphatic heterocycles. The van der Waals surface area contributed by atoms with Crippen LogP contribution in [-0.4, -0.2) is 38.9 Å². The van der Waals surface area contributed by atoms with Crippen LogP contribution in [0.15, 0.2) is 84.0 Å². The Bertz CT molecular complexity index is 1380. The molecule has 0 aliphatic carbocycles. The maximum Gasteiger partial charge on any atom is 0.234 e. The van der Waals surface area contributed by atoms with Gasteiger partial charge in [-0.15, -0.1) is 10.2 Å². The molecular formula is C26H22FN5O2S. The number of rotatable bonds is 7. The number of para-hydroxylation sites is 3. The van der Waals surface area contributed by atoms with E-state index >= 15 is 0 Å². The molecule has 0 bridgehead atoms. The number of halogens is 1. The molecule has 176 valence electrons. The van der Waals surface area contributed by atoms with Gasteiger partial charge in [0.2, 0.25) is 11.8 Å². The van der Waals surface area contributed by atoms with E-state index in [4.69, 9.17) is 0 Å². The van der Waals surface area contributed by atoms with Crippen LogP contribution in [0.2, 0.25) is 0 Å². The third-order valence-electron chi connectivity index (χ3n) is 5.64. The SMILES string of the molecule is O=C(CSc1nnc(-c2ccccc2F)n1-c1ccccc1)Nc1ccccc1N1CCCC1=O. The molecule has 0 unspecified atom stereocenters. The second-order valence-corrected chi connectivity index (χ2v) is 8.90. The second-order valence-electron chi connectivity index (χ2n) is 7.96. The fourth-order valence-corrected chi connectivity index (χ4v) is 4.78. The van der Waals surface area contributed by atoms with Crippen LogP contribution in [0, 0.1) is 5.82 Å². The Balaban J connectivity index is 1.38. The summed E-state index contributed by atoms with van der Waals surface area (Å²) in [5.74, 6) is -0.179. The number of carbonyl (C=O) groups excluding carboxylic acids is 2. The first-order valence-electron chi connectivity index (χ1n) is 11.2. The van der Waals surface area contributed by atoms with Gasteiger partial charge in [0.15, 0.2) is 11.0 Å². The van der Waals surface area contributed by atoms with Gasteiger partial charge in [0, 0.05) is 18.7 Å². The van der Waals surface area contributed by atoms with Gasteiger partial charge in [-0.1, -0.05) is 54.2 Å². The lowest BCUT2D eigenvalue weighted by molar-refractivity contribution is -0.117. The quantitative estimate of drug-likeness (QED) is 0.374. The van der Waals surface area contributed by atoms with Gasteiger partial charge in [-0.3, -0.25) is 14.2 Å². The van der Waals surface area contributed by atoms with Crippen molar-refractivity contribution >= 4 is 35.0 Å². The standard InChI is InChI=1S/C26H22FN5O2S/c27-20-12-5-4-11-19(20)25-29-30-26(32(25)18-9-2-1-3-10-18)35-17-23(33)28-21-13-6-7-14-22(21)31-16-8-15-24(31)34/h1-7,9-14H,8,15-17H2,(H,28,33). The summed E-state index contributed by atoms with van der Waals surface area (Å²) >= 11 is 1.20. The summed E-state index contributed by atoms with van der Waals surface area (Å²) in [6.07, 6.45) is 1.31. The maximum absolute atomic E-state index is 14.6. The number of nitrogens with one attached hydrogen (secondary N) is 1. The van der Waals surface area contributed by atoms with E-state index in [1.807, 2.05) is 48.5 Å². The molecule has 0 spiro atoms. The molecule has 5 rings (SSSR count). The first-order chi connectivity index (χ1) is 17.1. The Morgan fingerprint density at radius 2 is 1.71 bits per heavy atom. The van der Waals surface area contributed by atoms with Crippen molar-refractivity contribution in [2.24, 2.45) is 0 Å². The molecule has 7 nitrogen and oxygen atoms in total. The first kappa shape index (κ1) is 22.8. The van der Waals surface area contributed by atoms with Gasteiger partial charge < -0.3 is 10.2 Å². The monoisotopic (exact) mass is 487 g/mol. The fourth-order valence-electron chi connectivity index (χ4n) is 4.02. The molecule has 1 N–H and O–H groups in total. The number of amides is 2. The highest BCUT2D eigenvalue weighted by Crippen LogP contribution is 2.31. The van der Waals surface area contributed by atoms with E-state index in [2.05, 4.69) is 15.5 Å². The van der Waals surface area contributed by atoms with E-state index in [0.717, 1.165) is 12.1 Å². The molecular weight excluding hydrogens is 465 g/mol. The number of carbonyl (C=O) groups is 2. The minimum Gasteiger partial charge on any atom is -0.324 e. The first-order valence-corrected chi connectivity index (χ1v) is 12.2. The number of anilines is 2. The lowest BCUT2D eigenvalue weighted by Gasteiger charge is -2.19. The van der Waals surface area contributed by atoms with Crippen LogP contribution < -0.4 is 10.2 Å². The molecule has 2 amide bonds. The highest BCUT2D eigenvalue weighted by atomic mass is 32.2. The largest absolute Gasteiger partial charge is 0.324 e. The van der Waals surface area contributed by atoms with Crippen molar-refractivity contribution in [1.82, 2.24) is 14.8 Å². The number of aromatic nitrogens is 3. The molecule has 9 heteroatoms. The molecule has 2 heterocycles. The van der Waals surface area contributed by atoms with Crippen molar-refractivity contribution in [3.05, 3.63) is 84.7 Å². The van der Waals surface area contributed by atoms with Crippen molar-refractivity contribution < 1.29 is 14.0 Å². The van der Waals surface area contributed by atoms with E-state index in [1.165, 1.54) is 17.8 Å². The molecule has 0 saturated carbocycles. The van der Waals surface area contributed by atoms with Crippen LogP contribution in [0.5, 0.6) is 0 Å². The minimum atomic E-state index is -0.403. The van der Waals surface area contributed by atoms with Gasteiger partial charge in [0.1, 0.15) is 5.82 Å². The van der Waals surface area contributed by atoms with Crippen LogP contribution in [0.1, 0.15) is 12.8 Å². The fraction of sp³-hybridized carbons (Fsp3) is 0.154. The summed E-state index contributed by atoms with van der Waals surface area (Å²) in [5.41, 5.74) is 2.37. The van der Waals surface area contributed by atoms with Crippen LogP contribution >= 0.6 is 11.8 Å². The molecule has 0 atom stereocenters. The van der Waals surface area contributed by atoms with Gasteiger partial charge in [0.05, 0.1) is 22.7 Å². The average molecular weight is 488 g/mol. The Labute approximate surface area is 206 Å². The zero-order chi connectivity index (χ0) is 24.2. The van der Waals surface area contributed by atoms with Gasteiger partial charge in [-0.05, 0) is 42.8 Å². The summed E-state index contributed by atoms with van der Waals surface area (Å²) < 4.78 is 16.3. The van der Waals surface area contributed by atoms with Gasteiger partial charge in [-0.25, -0.2) is 4.39 Å². The smallest absolute Gasteiger partial charge is 0.234 e. The summed E-state index contributed by atoms with van der Waals surface area (Å²) in [5, 5.41) is 11.9. The zero-order valence-electron chi connectivity index (χ0n) is 18.7. The maximum atomic E-state index is 14.6.